The van der Waals surface area contributed by atoms with Gasteiger partial charge in [-0.3, -0.25) is 4.90 Å². The molecular formula is C20H25NO. The average Bonchev–Trinajstić information content (AvgIpc) is 2.84. The van der Waals surface area contributed by atoms with Gasteiger partial charge in [0.1, 0.15) is 0 Å². The van der Waals surface area contributed by atoms with Gasteiger partial charge in [-0.15, -0.1) is 0 Å². The molecule has 0 bridgehead atoms. The molecule has 116 valence electrons. The molecule has 1 fully saturated rings. The summed E-state index contributed by atoms with van der Waals surface area (Å²) in [6, 6.07) is 21.7. The van der Waals surface area contributed by atoms with Crippen molar-refractivity contribution < 1.29 is 4.74 Å². The van der Waals surface area contributed by atoms with Crippen molar-refractivity contribution in [3.8, 4) is 0 Å². The number of benzene rings is 2. The van der Waals surface area contributed by atoms with Crippen LogP contribution < -0.4 is 0 Å². The van der Waals surface area contributed by atoms with Gasteiger partial charge in [0, 0.05) is 11.5 Å². The zero-order valence-corrected chi connectivity index (χ0v) is 13.5. The zero-order valence-electron chi connectivity index (χ0n) is 13.5. The molecule has 0 radical (unpaired) electrons. The molecule has 1 saturated heterocycles. The predicted octanol–water partition coefficient (Wildman–Crippen LogP) is 4.29. The van der Waals surface area contributed by atoms with Crippen molar-refractivity contribution in [1.29, 1.82) is 0 Å². The second kappa shape index (κ2) is 6.64. The van der Waals surface area contributed by atoms with Crippen molar-refractivity contribution >= 4 is 0 Å². The summed E-state index contributed by atoms with van der Waals surface area (Å²) in [6.45, 7) is 4.98. The predicted molar refractivity (Wildman–Crippen MR) is 90.6 cm³/mol. The Bertz CT molecular complexity index is 583. The fraction of sp³-hybridized carbons (Fsp3) is 0.400. The fourth-order valence-corrected chi connectivity index (χ4v) is 3.65. The van der Waals surface area contributed by atoms with Crippen molar-refractivity contribution in [2.45, 2.75) is 26.0 Å². The highest BCUT2D eigenvalue weighted by atomic mass is 16.5. The number of hydrogen-bond acceptors (Lipinski definition) is 2. The lowest BCUT2D eigenvalue weighted by Gasteiger charge is -2.34. The summed E-state index contributed by atoms with van der Waals surface area (Å²) in [5.74, 6) is 0. The molecule has 0 amide bonds. The SMILES string of the molecule is CN1CC[C@](C)(COCc2ccccc2)[C@H]1c1ccccc1. The average molecular weight is 295 g/mol. The number of likely N-dealkylation sites (tertiary alicyclic amines) is 1. The Morgan fingerprint density at radius 3 is 2.36 bits per heavy atom. The first kappa shape index (κ1) is 15.3. The van der Waals surface area contributed by atoms with Crippen molar-refractivity contribution in [2.75, 3.05) is 20.2 Å². The second-order valence-corrected chi connectivity index (χ2v) is 6.68. The van der Waals surface area contributed by atoms with Gasteiger partial charge in [0.15, 0.2) is 0 Å². The molecular weight excluding hydrogens is 270 g/mol. The third-order valence-electron chi connectivity index (χ3n) is 4.80. The maximum atomic E-state index is 6.08. The normalized spacial score (nSPS) is 25.5. The van der Waals surface area contributed by atoms with Crippen LogP contribution >= 0.6 is 0 Å². The molecule has 3 rings (SSSR count). The number of ether oxygens (including phenoxy) is 1. The van der Waals surface area contributed by atoms with E-state index in [-0.39, 0.29) is 5.41 Å². The van der Waals surface area contributed by atoms with Gasteiger partial charge in [-0.1, -0.05) is 67.6 Å². The van der Waals surface area contributed by atoms with Gasteiger partial charge >= 0.3 is 0 Å². The Hall–Kier alpha value is -1.64. The van der Waals surface area contributed by atoms with Gasteiger partial charge in [0.05, 0.1) is 13.2 Å². The molecule has 0 N–H and O–H groups in total. The van der Waals surface area contributed by atoms with Crippen LogP contribution in [0.25, 0.3) is 0 Å². The smallest absolute Gasteiger partial charge is 0.0717 e. The van der Waals surface area contributed by atoms with E-state index in [4.69, 9.17) is 4.74 Å². The molecule has 1 heterocycles. The van der Waals surface area contributed by atoms with E-state index in [0.717, 1.165) is 13.2 Å². The largest absolute Gasteiger partial charge is 0.376 e. The van der Waals surface area contributed by atoms with Crippen LogP contribution in [0.1, 0.15) is 30.5 Å². The molecule has 2 heteroatoms. The molecule has 0 saturated carbocycles. The Kier molecular flexibility index (Phi) is 4.60. The summed E-state index contributed by atoms with van der Waals surface area (Å²) in [5.41, 5.74) is 2.81. The van der Waals surface area contributed by atoms with E-state index < -0.39 is 0 Å². The molecule has 0 spiro atoms. The third kappa shape index (κ3) is 3.23. The van der Waals surface area contributed by atoms with Crippen LogP contribution in [0.2, 0.25) is 0 Å². The lowest BCUT2D eigenvalue weighted by atomic mass is 9.80. The molecule has 2 nitrogen and oxygen atoms in total. The van der Waals surface area contributed by atoms with Crippen LogP contribution in [0, 0.1) is 5.41 Å². The quantitative estimate of drug-likeness (QED) is 0.816. The molecule has 2 aromatic rings. The van der Waals surface area contributed by atoms with E-state index in [1.807, 2.05) is 6.07 Å². The van der Waals surface area contributed by atoms with Gasteiger partial charge in [0.25, 0.3) is 0 Å². The molecule has 0 aromatic heterocycles. The highest BCUT2D eigenvalue weighted by Gasteiger charge is 2.43. The van der Waals surface area contributed by atoms with E-state index >= 15 is 0 Å². The molecule has 1 aliphatic heterocycles. The van der Waals surface area contributed by atoms with E-state index in [1.165, 1.54) is 17.5 Å². The molecule has 1 aliphatic rings. The molecule has 2 aromatic carbocycles. The topological polar surface area (TPSA) is 12.5 Å². The standard InChI is InChI=1S/C20H25NO/c1-20(16-22-15-17-9-5-3-6-10-17)13-14-21(2)19(20)18-11-7-4-8-12-18/h3-12,19H,13-16H2,1-2H3/t19-,20-/m1/s1. The highest BCUT2D eigenvalue weighted by Crippen LogP contribution is 2.46. The van der Waals surface area contributed by atoms with Crippen LogP contribution in [0.3, 0.4) is 0 Å². The maximum Gasteiger partial charge on any atom is 0.0717 e. The zero-order chi connectivity index (χ0) is 15.4. The Balaban J connectivity index is 1.68. The first-order chi connectivity index (χ1) is 10.7. The number of hydrogen-bond donors (Lipinski definition) is 0. The highest BCUT2D eigenvalue weighted by molar-refractivity contribution is 5.23. The van der Waals surface area contributed by atoms with Gasteiger partial charge in [-0.25, -0.2) is 0 Å². The first-order valence-corrected chi connectivity index (χ1v) is 8.06. The monoisotopic (exact) mass is 295 g/mol. The number of nitrogens with zero attached hydrogens (tertiary/aromatic N) is 1. The summed E-state index contributed by atoms with van der Waals surface area (Å²) in [6.07, 6.45) is 1.18. The van der Waals surface area contributed by atoms with Gasteiger partial charge in [-0.2, -0.15) is 0 Å². The van der Waals surface area contributed by atoms with Crippen molar-refractivity contribution in [2.24, 2.45) is 5.41 Å². The van der Waals surface area contributed by atoms with E-state index in [2.05, 4.69) is 73.5 Å². The van der Waals surface area contributed by atoms with Crippen LogP contribution in [-0.4, -0.2) is 25.1 Å². The second-order valence-electron chi connectivity index (χ2n) is 6.68. The number of rotatable bonds is 5. The van der Waals surface area contributed by atoms with Crippen LogP contribution in [-0.2, 0) is 11.3 Å². The van der Waals surface area contributed by atoms with Crippen LogP contribution in [0.4, 0.5) is 0 Å². The summed E-state index contributed by atoms with van der Waals surface area (Å²) >= 11 is 0. The first-order valence-electron chi connectivity index (χ1n) is 8.06. The summed E-state index contributed by atoms with van der Waals surface area (Å²) in [4.78, 5) is 2.46. The van der Waals surface area contributed by atoms with Crippen LogP contribution in [0.15, 0.2) is 60.7 Å². The molecule has 0 aliphatic carbocycles. The van der Waals surface area contributed by atoms with E-state index in [9.17, 15) is 0 Å². The summed E-state index contributed by atoms with van der Waals surface area (Å²) < 4.78 is 6.08. The fourth-order valence-electron chi connectivity index (χ4n) is 3.65. The lowest BCUT2D eigenvalue weighted by molar-refractivity contribution is 0.0237. The van der Waals surface area contributed by atoms with Crippen molar-refractivity contribution in [3.05, 3.63) is 71.8 Å². The summed E-state index contributed by atoms with van der Waals surface area (Å²) in [7, 11) is 2.22. The summed E-state index contributed by atoms with van der Waals surface area (Å²) in [5, 5.41) is 0. The third-order valence-corrected chi connectivity index (χ3v) is 4.80. The molecule has 0 unspecified atom stereocenters. The van der Waals surface area contributed by atoms with Crippen molar-refractivity contribution in [1.82, 2.24) is 4.90 Å². The van der Waals surface area contributed by atoms with E-state index in [0.29, 0.717) is 12.6 Å². The van der Waals surface area contributed by atoms with Gasteiger partial charge in [-0.05, 0) is 31.1 Å². The Morgan fingerprint density at radius 2 is 1.68 bits per heavy atom. The molecule has 22 heavy (non-hydrogen) atoms. The Morgan fingerprint density at radius 1 is 1.05 bits per heavy atom. The van der Waals surface area contributed by atoms with Gasteiger partial charge in [0.2, 0.25) is 0 Å². The van der Waals surface area contributed by atoms with Crippen LogP contribution in [0.5, 0.6) is 0 Å². The minimum Gasteiger partial charge on any atom is -0.376 e. The van der Waals surface area contributed by atoms with Crippen molar-refractivity contribution in [3.63, 3.8) is 0 Å². The minimum absolute atomic E-state index is 0.172. The Labute approximate surface area is 133 Å². The maximum absolute atomic E-state index is 6.08. The van der Waals surface area contributed by atoms with Gasteiger partial charge < -0.3 is 4.74 Å². The van der Waals surface area contributed by atoms with E-state index in [1.54, 1.807) is 0 Å². The molecule has 2 atom stereocenters. The lowest BCUT2D eigenvalue weighted by Crippen LogP contribution is -2.31. The minimum atomic E-state index is 0.172.